The average molecular weight is 308 g/mol. The molecule has 0 amide bonds. The number of ether oxygens (including phenoxy) is 3. The Morgan fingerprint density at radius 2 is 2.05 bits per heavy atom. The summed E-state index contributed by atoms with van der Waals surface area (Å²) in [5.41, 5.74) is 1.35. The summed E-state index contributed by atoms with van der Waals surface area (Å²) in [7, 11) is 1.36. The molecule has 2 rings (SSSR count). The molecule has 1 aliphatic heterocycles. The molecule has 0 saturated carbocycles. The van der Waals surface area contributed by atoms with E-state index < -0.39 is 6.29 Å². The molecule has 1 N–H and O–H groups in total. The van der Waals surface area contributed by atoms with Crippen molar-refractivity contribution in [2.45, 2.75) is 57.7 Å². The first kappa shape index (κ1) is 16.9. The molecule has 1 aromatic carbocycles. The Morgan fingerprint density at radius 1 is 1.36 bits per heavy atom. The maximum absolute atomic E-state index is 11.4. The van der Waals surface area contributed by atoms with Crippen molar-refractivity contribution in [2.24, 2.45) is 0 Å². The van der Waals surface area contributed by atoms with Gasteiger partial charge in [-0.05, 0) is 38.3 Å². The molecule has 0 aliphatic carbocycles. The normalized spacial score (nSPS) is 26.5. The molecule has 1 aliphatic rings. The third kappa shape index (κ3) is 4.29. The maximum atomic E-state index is 11.4. The predicted octanol–water partition coefficient (Wildman–Crippen LogP) is 2.83. The zero-order valence-corrected chi connectivity index (χ0v) is 13.3. The van der Waals surface area contributed by atoms with E-state index in [-0.39, 0.29) is 24.3 Å². The van der Waals surface area contributed by atoms with Crippen LogP contribution in [0.25, 0.3) is 0 Å². The second kappa shape index (κ2) is 7.72. The highest BCUT2D eigenvalue weighted by Gasteiger charge is 2.30. The number of esters is 1. The molecule has 0 bridgehead atoms. The van der Waals surface area contributed by atoms with Crippen LogP contribution >= 0.6 is 0 Å². The lowest BCUT2D eigenvalue weighted by Gasteiger charge is -2.35. The van der Waals surface area contributed by atoms with Crippen molar-refractivity contribution in [1.82, 2.24) is 0 Å². The highest BCUT2D eigenvalue weighted by atomic mass is 16.7. The first-order chi connectivity index (χ1) is 10.5. The number of carbonyl (C=O) groups excluding carboxylic acids is 1. The van der Waals surface area contributed by atoms with E-state index in [4.69, 9.17) is 9.47 Å². The predicted molar refractivity (Wildman–Crippen MR) is 81.5 cm³/mol. The van der Waals surface area contributed by atoms with E-state index in [0.717, 1.165) is 12.0 Å². The topological polar surface area (TPSA) is 65.0 Å². The van der Waals surface area contributed by atoms with Crippen LogP contribution in [0.1, 0.15) is 55.3 Å². The van der Waals surface area contributed by atoms with Gasteiger partial charge in [-0.3, -0.25) is 0 Å². The standard InChI is InChI=1S/C17H24O5/c1-4-14(18)10-15-9-11(2)21-17(22-15)13-7-5-12(6-8-13)16(19)20-3/h5-8,11,14-15,17-18H,4,9-10H2,1-3H3. The number of hydrogen-bond acceptors (Lipinski definition) is 5. The molecule has 5 heteroatoms. The summed E-state index contributed by atoms with van der Waals surface area (Å²) < 4.78 is 16.5. The van der Waals surface area contributed by atoms with Gasteiger partial charge in [0, 0.05) is 5.56 Å². The van der Waals surface area contributed by atoms with Crippen LogP contribution in [-0.4, -0.2) is 36.5 Å². The lowest BCUT2D eigenvalue weighted by atomic mass is 10.0. The molecule has 4 atom stereocenters. The molecule has 4 unspecified atom stereocenters. The van der Waals surface area contributed by atoms with E-state index in [9.17, 15) is 9.90 Å². The summed E-state index contributed by atoms with van der Waals surface area (Å²) in [5.74, 6) is -0.366. The quantitative estimate of drug-likeness (QED) is 0.847. The first-order valence-corrected chi connectivity index (χ1v) is 7.70. The van der Waals surface area contributed by atoms with Crippen molar-refractivity contribution < 1.29 is 24.1 Å². The van der Waals surface area contributed by atoms with E-state index >= 15 is 0 Å². The van der Waals surface area contributed by atoms with Crippen LogP contribution in [0.2, 0.25) is 0 Å². The Labute approximate surface area is 131 Å². The van der Waals surface area contributed by atoms with Crippen LogP contribution in [0.15, 0.2) is 24.3 Å². The number of rotatable bonds is 5. The highest BCUT2D eigenvalue weighted by molar-refractivity contribution is 5.89. The average Bonchev–Trinajstić information content (AvgIpc) is 2.53. The van der Waals surface area contributed by atoms with Crippen molar-refractivity contribution in [3.63, 3.8) is 0 Å². The van der Waals surface area contributed by atoms with Gasteiger partial charge >= 0.3 is 5.97 Å². The minimum Gasteiger partial charge on any atom is -0.465 e. The van der Waals surface area contributed by atoms with Gasteiger partial charge in [-0.2, -0.15) is 0 Å². The van der Waals surface area contributed by atoms with E-state index in [1.165, 1.54) is 7.11 Å². The number of aliphatic hydroxyl groups excluding tert-OH is 1. The molecule has 22 heavy (non-hydrogen) atoms. The van der Waals surface area contributed by atoms with Gasteiger partial charge in [-0.15, -0.1) is 0 Å². The van der Waals surface area contributed by atoms with Crippen molar-refractivity contribution >= 4 is 5.97 Å². The zero-order chi connectivity index (χ0) is 16.1. The van der Waals surface area contributed by atoms with Crippen LogP contribution in [0.5, 0.6) is 0 Å². The SMILES string of the molecule is CCC(O)CC1CC(C)OC(c2ccc(C(=O)OC)cc2)O1. The molecule has 1 aromatic rings. The summed E-state index contributed by atoms with van der Waals surface area (Å²) in [6.07, 6.45) is 1.32. The summed E-state index contributed by atoms with van der Waals surface area (Å²) in [6, 6.07) is 7.01. The minimum absolute atomic E-state index is 0.0241. The maximum Gasteiger partial charge on any atom is 0.337 e. The summed E-state index contributed by atoms with van der Waals surface area (Å²) in [4.78, 5) is 11.4. The molecule has 0 aromatic heterocycles. The number of aliphatic hydroxyl groups is 1. The van der Waals surface area contributed by atoms with E-state index in [0.29, 0.717) is 18.4 Å². The van der Waals surface area contributed by atoms with Crippen LogP contribution in [0.3, 0.4) is 0 Å². The van der Waals surface area contributed by atoms with Gasteiger partial charge in [0.2, 0.25) is 0 Å². The highest BCUT2D eigenvalue weighted by Crippen LogP contribution is 2.31. The molecule has 1 saturated heterocycles. The van der Waals surface area contributed by atoms with Gasteiger partial charge in [0.15, 0.2) is 6.29 Å². The van der Waals surface area contributed by atoms with Crippen LogP contribution in [-0.2, 0) is 14.2 Å². The number of methoxy groups -OCH3 is 1. The molecule has 1 heterocycles. The molecule has 0 radical (unpaired) electrons. The fraction of sp³-hybridized carbons (Fsp3) is 0.588. The summed E-state index contributed by atoms with van der Waals surface area (Å²) in [5, 5.41) is 9.81. The van der Waals surface area contributed by atoms with E-state index in [2.05, 4.69) is 4.74 Å². The molecule has 5 nitrogen and oxygen atoms in total. The minimum atomic E-state index is -0.468. The lowest BCUT2D eigenvalue weighted by molar-refractivity contribution is -0.248. The summed E-state index contributed by atoms with van der Waals surface area (Å²) >= 11 is 0. The Morgan fingerprint density at radius 3 is 2.64 bits per heavy atom. The fourth-order valence-corrected chi connectivity index (χ4v) is 2.57. The number of carbonyl (C=O) groups is 1. The van der Waals surface area contributed by atoms with Crippen LogP contribution in [0.4, 0.5) is 0 Å². The third-order valence-electron chi connectivity index (χ3n) is 3.88. The monoisotopic (exact) mass is 308 g/mol. The van der Waals surface area contributed by atoms with Gasteiger partial charge in [-0.25, -0.2) is 4.79 Å². The molecular formula is C17H24O5. The van der Waals surface area contributed by atoms with Gasteiger partial charge in [0.25, 0.3) is 0 Å². The Bertz CT molecular complexity index is 484. The molecular weight excluding hydrogens is 284 g/mol. The van der Waals surface area contributed by atoms with E-state index in [1.807, 2.05) is 26.0 Å². The van der Waals surface area contributed by atoms with Crippen molar-refractivity contribution in [3.8, 4) is 0 Å². The van der Waals surface area contributed by atoms with Crippen molar-refractivity contribution in [1.29, 1.82) is 0 Å². The molecule has 1 fully saturated rings. The largest absolute Gasteiger partial charge is 0.465 e. The number of hydrogen-bond donors (Lipinski definition) is 1. The fourth-order valence-electron chi connectivity index (χ4n) is 2.57. The molecule has 0 spiro atoms. The van der Waals surface area contributed by atoms with Gasteiger partial charge < -0.3 is 19.3 Å². The number of benzene rings is 1. The van der Waals surface area contributed by atoms with Gasteiger partial charge in [-0.1, -0.05) is 19.1 Å². The van der Waals surface area contributed by atoms with E-state index in [1.54, 1.807) is 12.1 Å². The Balaban J connectivity index is 2.05. The Kier molecular flexibility index (Phi) is 5.94. The van der Waals surface area contributed by atoms with Gasteiger partial charge in [0.05, 0.1) is 31.0 Å². The summed E-state index contributed by atoms with van der Waals surface area (Å²) in [6.45, 7) is 3.96. The molecule has 122 valence electrons. The second-order valence-corrected chi connectivity index (χ2v) is 5.68. The smallest absolute Gasteiger partial charge is 0.337 e. The van der Waals surface area contributed by atoms with Gasteiger partial charge in [0.1, 0.15) is 0 Å². The van der Waals surface area contributed by atoms with Crippen molar-refractivity contribution in [3.05, 3.63) is 35.4 Å². The second-order valence-electron chi connectivity index (χ2n) is 5.68. The van der Waals surface area contributed by atoms with Crippen LogP contribution < -0.4 is 0 Å². The Hall–Kier alpha value is -1.43. The first-order valence-electron chi connectivity index (χ1n) is 7.70. The van der Waals surface area contributed by atoms with Crippen molar-refractivity contribution in [2.75, 3.05) is 7.11 Å². The lowest BCUT2D eigenvalue weighted by Crippen LogP contribution is -2.34. The zero-order valence-electron chi connectivity index (χ0n) is 13.3. The third-order valence-corrected chi connectivity index (χ3v) is 3.88. The van der Waals surface area contributed by atoms with Crippen LogP contribution in [0, 0.1) is 0 Å².